The van der Waals surface area contributed by atoms with Gasteiger partial charge in [-0.05, 0) is 70.3 Å². The molecule has 2 fully saturated rings. The molecule has 0 aromatic rings. The summed E-state index contributed by atoms with van der Waals surface area (Å²) < 4.78 is 0. The topological polar surface area (TPSA) is 29.3 Å². The lowest BCUT2D eigenvalue weighted by Gasteiger charge is -2.51. The van der Waals surface area contributed by atoms with E-state index in [-0.39, 0.29) is 5.54 Å². The molecule has 118 valence electrons. The van der Waals surface area contributed by atoms with Gasteiger partial charge in [0.05, 0.1) is 0 Å². The van der Waals surface area contributed by atoms with Crippen LogP contribution in [0.5, 0.6) is 0 Å². The van der Waals surface area contributed by atoms with Crippen LogP contribution in [-0.4, -0.2) is 30.1 Å². The van der Waals surface area contributed by atoms with Crippen molar-refractivity contribution in [3.63, 3.8) is 0 Å². The molecule has 2 heteroatoms. The summed E-state index contributed by atoms with van der Waals surface area (Å²) in [5.74, 6) is 0.770. The fraction of sp³-hybridized carbons (Fsp3) is 1.00. The van der Waals surface area contributed by atoms with Gasteiger partial charge >= 0.3 is 0 Å². The summed E-state index contributed by atoms with van der Waals surface area (Å²) in [6.45, 7) is 7.88. The Labute approximate surface area is 126 Å². The fourth-order valence-corrected chi connectivity index (χ4v) is 4.88. The molecule has 2 saturated carbocycles. The molecule has 0 bridgehead atoms. The van der Waals surface area contributed by atoms with E-state index < -0.39 is 0 Å². The first-order valence-electron chi connectivity index (χ1n) is 8.86. The first-order chi connectivity index (χ1) is 9.43. The van der Waals surface area contributed by atoms with E-state index in [1.807, 2.05) is 0 Å². The predicted octanol–water partition coefficient (Wildman–Crippen LogP) is 4.18. The van der Waals surface area contributed by atoms with E-state index in [2.05, 4.69) is 32.7 Å². The van der Waals surface area contributed by atoms with Crippen LogP contribution in [0.3, 0.4) is 0 Å². The molecule has 0 aromatic heterocycles. The number of rotatable bonds is 5. The van der Waals surface area contributed by atoms with Gasteiger partial charge in [0, 0.05) is 18.1 Å². The summed E-state index contributed by atoms with van der Waals surface area (Å²) in [7, 11) is 2.33. The Balaban J connectivity index is 2.00. The molecule has 1 atom stereocenters. The van der Waals surface area contributed by atoms with Crippen molar-refractivity contribution in [3.8, 4) is 0 Å². The van der Waals surface area contributed by atoms with E-state index in [0.29, 0.717) is 11.5 Å². The minimum absolute atomic E-state index is 0.280. The second kappa shape index (κ2) is 6.36. The van der Waals surface area contributed by atoms with Crippen molar-refractivity contribution in [3.05, 3.63) is 0 Å². The van der Waals surface area contributed by atoms with Gasteiger partial charge in [-0.15, -0.1) is 0 Å². The van der Waals surface area contributed by atoms with Crippen molar-refractivity contribution in [2.24, 2.45) is 17.1 Å². The van der Waals surface area contributed by atoms with Crippen LogP contribution in [0.1, 0.15) is 78.6 Å². The second-order valence-electron chi connectivity index (χ2n) is 8.23. The van der Waals surface area contributed by atoms with Crippen LogP contribution in [0.25, 0.3) is 0 Å². The maximum atomic E-state index is 6.25. The highest BCUT2D eigenvalue weighted by Gasteiger charge is 2.45. The highest BCUT2D eigenvalue weighted by atomic mass is 15.2. The van der Waals surface area contributed by atoms with E-state index in [9.17, 15) is 0 Å². The van der Waals surface area contributed by atoms with Gasteiger partial charge in [-0.3, -0.25) is 4.90 Å². The van der Waals surface area contributed by atoms with Crippen LogP contribution in [0.2, 0.25) is 0 Å². The van der Waals surface area contributed by atoms with Crippen LogP contribution in [-0.2, 0) is 0 Å². The highest BCUT2D eigenvalue weighted by Crippen LogP contribution is 2.52. The summed E-state index contributed by atoms with van der Waals surface area (Å²) in [4.78, 5) is 2.63. The van der Waals surface area contributed by atoms with Gasteiger partial charge in [0.25, 0.3) is 0 Å². The molecule has 2 N–H and O–H groups in total. The van der Waals surface area contributed by atoms with Crippen molar-refractivity contribution in [2.75, 3.05) is 13.6 Å². The Morgan fingerprint density at radius 2 is 1.50 bits per heavy atom. The lowest BCUT2D eigenvalue weighted by atomic mass is 9.65. The molecule has 2 aliphatic rings. The van der Waals surface area contributed by atoms with E-state index >= 15 is 0 Å². The zero-order valence-corrected chi connectivity index (χ0v) is 14.3. The molecule has 1 unspecified atom stereocenters. The first-order valence-corrected chi connectivity index (χ1v) is 8.86. The summed E-state index contributed by atoms with van der Waals surface area (Å²) in [6, 6.07) is 0.649. The van der Waals surface area contributed by atoms with Crippen molar-refractivity contribution in [1.82, 2.24) is 4.90 Å². The molecule has 0 radical (unpaired) electrons. The Morgan fingerprint density at radius 1 is 0.950 bits per heavy atom. The maximum absolute atomic E-state index is 6.25. The van der Waals surface area contributed by atoms with Gasteiger partial charge in [0.1, 0.15) is 0 Å². The Bertz CT molecular complexity index is 295. The van der Waals surface area contributed by atoms with E-state index in [1.54, 1.807) is 0 Å². The van der Waals surface area contributed by atoms with Gasteiger partial charge in [-0.1, -0.05) is 26.7 Å². The number of nitrogens with two attached hydrogens (primary N) is 1. The third-order valence-electron chi connectivity index (χ3n) is 6.51. The molecule has 0 aromatic carbocycles. The molecule has 0 aliphatic heterocycles. The Kier molecular flexibility index (Phi) is 5.18. The number of likely N-dealkylation sites (N-methyl/N-ethyl adjacent to an activating group) is 1. The summed E-state index contributed by atoms with van der Waals surface area (Å²) in [5, 5.41) is 0. The lowest BCUT2D eigenvalue weighted by molar-refractivity contribution is 0.00404. The van der Waals surface area contributed by atoms with Crippen molar-refractivity contribution < 1.29 is 0 Å². The van der Waals surface area contributed by atoms with Crippen molar-refractivity contribution in [2.45, 2.75) is 90.1 Å². The molecule has 1 spiro atoms. The SMILES string of the molecule is CC(C)CC(C)N(C)C1(CN)CCC2(CCCC2)CC1. The normalized spacial score (nSPS) is 26.6. The average Bonchev–Trinajstić information content (AvgIpc) is 2.87. The molecule has 0 saturated heterocycles. The number of hydrogen-bond acceptors (Lipinski definition) is 2. The monoisotopic (exact) mass is 280 g/mol. The largest absolute Gasteiger partial charge is 0.329 e. The van der Waals surface area contributed by atoms with E-state index in [0.717, 1.165) is 12.5 Å². The summed E-state index contributed by atoms with van der Waals surface area (Å²) >= 11 is 0. The highest BCUT2D eigenvalue weighted by molar-refractivity contribution is 5.01. The first kappa shape index (κ1) is 16.3. The summed E-state index contributed by atoms with van der Waals surface area (Å²) in [6.07, 6.45) is 12.7. The van der Waals surface area contributed by atoms with Gasteiger partial charge in [-0.25, -0.2) is 0 Å². The third kappa shape index (κ3) is 3.22. The van der Waals surface area contributed by atoms with Crippen LogP contribution in [0, 0.1) is 11.3 Å². The van der Waals surface area contributed by atoms with Gasteiger partial charge < -0.3 is 5.73 Å². The van der Waals surface area contributed by atoms with Gasteiger partial charge in [-0.2, -0.15) is 0 Å². The Morgan fingerprint density at radius 3 is 1.95 bits per heavy atom. The summed E-state index contributed by atoms with van der Waals surface area (Å²) in [5.41, 5.74) is 7.24. The number of hydrogen-bond donors (Lipinski definition) is 1. The van der Waals surface area contributed by atoms with Gasteiger partial charge in [0.15, 0.2) is 0 Å². The molecule has 0 heterocycles. The lowest BCUT2D eigenvalue weighted by Crippen LogP contribution is -2.58. The molecular formula is C18H36N2. The second-order valence-corrected chi connectivity index (χ2v) is 8.23. The molecule has 2 nitrogen and oxygen atoms in total. The zero-order chi connectivity index (χ0) is 14.8. The van der Waals surface area contributed by atoms with Gasteiger partial charge in [0.2, 0.25) is 0 Å². The quantitative estimate of drug-likeness (QED) is 0.818. The minimum Gasteiger partial charge on any atom is -0.329 e. The van der Waals surface area contributed by atoms with Crippen molar-refractivity contribution >= 4 is 0 Å². The smallest absolute Gasteiger partial charge is 0.0331 e. The van der Waals surface area contributed by atoms with E-state index in [1.165, 1.54) is 57.8 Å². The van der Waals surface area contributed by atoms with Crippen LogP contribution < -0.4 is 5.73 Å². The predicted molar refractivity (Wildman–Crippen MR) is 87.8 cm³/mol. The average molecular weight is 280 g/mol. The molecule has 2 aliphatic carbocycles. The maximum Gasteiger partial charge on any atom is 0.0331 e. The van der Waals surface area contributed by atoms with Crippen LogP contribution in [0.4, 0.5) is 0 Å². The number of nitrogens with zero attached hydrogens (tertiary/aromatic N) is 1. The van der Waals surface area contributed by atoms with E-state index in [4.69, 9.17) is 5.73 Å². The molecular weight excluding hydrogens is 244 g/mol. The Hall–Kier alpha value is -0.0800. The molecule has 20 heavy (non-hydrogen) atoms. The van der Waals surface area contributed by atoms with Crippen LogP contribution >= 0.6 is 0 Å². The molecule has 0 amide bonds. The fourth-order valence-electron chi connectivity index (χ4n) is 4.88. The van der Waals surface area contributed by atoms with Crippen LogP contribution in [0.15, 0.2) is 0 Å². The molecule has 2 rings (SSSR count). The van der Waals surface area contributed by atoms with Crippen molar-refractivity contribution in [1.29, 1.82) is 0 Å². The zero-order valence-electron chi connectivity index (χ0n) is 14.3. The third-order valence-corrected chi connectivity index (χ3v) is 6.51. The minimum atomic E-state index is 0.280. The standard InChI is InChI=1S/C18H36N2/c1-15(2)13-16(3)20(4)18(14-19)11-9-17(10-12-18)7-5-6-8-17/h15-16H,5-14,19H2,1-4H3.